The molecule has 1 rings (SSSR count). The molecule has 2 N–H and O–H groups in total. The van der Waals surface area contributed by atoms with Crippen molar-refractivity contribution in [2.45, 2.75) is 25.0 Å². The number of nitrogens with one attached hydrogen (secondary N) is 1. The fourth-order valence-corrected chi connectivity index (χ4v) is 2.70. The van der Waals surface area contributed by atoms with Crippen molar-refractivity contribution in [3.8, 4) is 0 Å². The van der Waals surface area contributed by atoms with E-state index in [9.17, 15) is 5.11 Å². The molecule has 1 aliphatic rings. The third kappa shape index (κ3) is 3.85. The molecule has 2 unspecified atom stereocenters. The molecule has 0 aromatic heterocycles. The van der Waals surface area contributed by atoms with Crippen molar-refractivity contribution in [2.24, 2.45) is 0 Å². The van der Waals surface area contributed by atoms with Crippen LogP contribution in [0.15, 0.2) is 0 Å². The Balaban J connectivity index is 2.17. The van der Waals surface area contributed by atoms with Crippen LogP contribution in [-0.2, 0) is 4.74 Å². The molecule has 0 radical (unpaired) electrons. The second-order valence-electron chi connectivity index (χ2n) is 3.76. The Morgan fingerprint density at radius 2 is 2.46 bits per heavy atom. The fourth-order valence-electron chi connectivity index (χ4n) is 1.41. The van der Waals surface area contributed by atoms with Gasteiger partial charge in [-0.2, -0.15) is 11.8 Å². The third-order valence-electron chi connectivity index (χ3n) is 2.28. The first-order valence-electron chi connectivity index (χ1n) is 4.69. The summed E-state index contributed by atoms with van der Waals surface area (Å²) in [6, 6.07) is 0.319. The lowest BCUT2D eigenvalue weighted by molar-refractivity contribution is 0.0603. The highest BCUT2D eigenvalue weighted by molar-refractivity contribution is 7.99. The smallest absolute Gasteiger partial charge is 0.0869 e. The summed E-state index contributed by atoms with van der Waals surface area (Å²) in [4.78, 5) is 0. The highest BCUT2D eigenvalue weighted by atomic mass is 32.2. The van der Waals surface area contributed by atoms with Crippen LogP contribution in [0.3, 0.4) is 0 Å². The Hall–Kier alpha value is 0.230. The van der Waals surface area contributed by atoms with Crippen molar-refractivity contribution >= 4 is 11.8 Å². The Kier molecular flexibility index (Phi) is 4.52. The summed E-state index contributed by atoms with van der Waals surface area (Å²) in [5.41, 5.74) is -0.479. The van der Waals surface area contributed by atoms with Crippen molar-refractivity contribution < 1.29 is 9.84 Å². The maximum Gasteiger partial charge on any atom is 0.0869 e. The van der Waals surface area contributed by atoms with Crippen LogP contribution in [0.25, 0.3) is 0 Å². The van der Waals surface area contributed by atoms with Crippen molar-refractivity contribution in [3.63, 3.8) is 0 Å². The van der Waals surface area contributed by atoms with Gasteiger partial charge in [-0.25, -0.2) is 0 Å². The first-order chi connectivity index (χ1) is 6.16. The van der Waals surface area contributed by atoms with Crippen LogP contribution in [0.1, 0.15) is 13.3 Å². The van der Waals surface area contributed by atoms with Gasteiger partial charge < -0.3 is 15.2 Å². The number of rotatable bonds is 5. The number of aliphatic hydroxyl groups is 1. The predicted octanol–water partition coefficient (Wildman–Crippen LogP) is 0.479. The summed E-state index contributed by atoms with van der Waals surface area (Å²) < 4.78 is 5.00. The molecule has 1 heterocycles. The monoisotopic (exact) mass is 205 g/mol. The predicted molar refractivity (Wildman–Crippen MR) is 56.2 cm³/mol. The van der Waals surface area contributed by atoms with Gasteiger partial charge in [0.05, 0.1) is 12.2 Å². The van der Waals surface area contributed by atoms with Gasteiger partial charge in [-0.05, 0) is 19.1 Å². The highest BCUT2D eigenvalue weighted by Crippen LogP contribution is 2.26. The number of ether oxygens (including phenoxy) is 1. The van der Waals surface area contributed by atoms with Gasteiger partial charge in [0, 0.05) is 25.4 Å². The lowest BCUT2D eigenvalue weighted by atomic mass is 10.0. The Morgan fingerprint density at radius 3 is 3.00 bits per heavy atom. The van der Waals surface area contributed by atoms with Gasteiger partial charge in [0.1, 0.15) is 0 Å². The second kappa shape index (κ2) is 5.20. The van der Waals surface area contributed by atoms with E-state index in [1.807, 2.05) is 11.8 Å². The van der Waals surface area contributed by atoms with Crippen molar-refractivity contribution in [1.82, 2.24) is 5.32 Å². The molecule has 0 aromatic carbocycles. The van der Waals surface area contributed by atoms with E-state index in [4.69, 9.17) is 4.74 Å². The fraction of sp³-hybridized carbons (Fsp3) is 1.00. The zero-order valence-electron chi connectivity index (χ0n) is 8.38. The third-order valence-corrected chi connectivity index (χ3v) is 3.51. The quantitative estimate of drug-likeness (QED) is 0.685. The molecule has 0 saturated carbocycles. The number of hydrogen-bond donors (Lipinski definition) is 2. The first kappa shape index (κ1) is 11.3. The Morgan fingerprint density at radius 1 is 1.69 bits per heavy atom. The zero-order chi connectivity index (χ0) is 9.73. The van der Waals surface area contributed by atoms with Gasteiger partial charge in [-0.15, -0.1) is 0 Å². The van der Waals surface area contributed by atoms with E-state index >= 15 is 0 Å². The summed E-state index contributed by atoms with van der Waals surface area (Å²) in [5.74, 6) is 1.94. The molecular weight excluding hydrogens is 186 g/mol. The van der Waals surface area contributed by atoms with Gasteiger partial charge in [-0.1, -0.05) is 0 Å². The minimum Gasteiger partial charge on any atom is -0.388 e. The van der Waals surface area contributed by atoms with Crippen LogP contribution in [-0.4, -0.2) is 48.5 Å². The molecule has 1 saturated heterocycles. The molecular formula is C9H19NO2S. The minimum atomic E-state index is -0.479. The first-order valence-corrected chi connectivity index (χ1v) is 5.84. The summed E-state index contributed by atoms with van der Waals surface area (Å²) >= 11 is 1.82. The summed E-state index contributed by atoms with van der Waals surface area (Å²) in [6.45, 7) is 3.45. The maximum atomic E-state index is 9.98. The standard InChI is InChI=1S/C9H19NO2S/c1-8(5-12-2)10-6-9(11)3-4-13-7-9/h8,10-11H,3-7H2,1-2H3. The van der Waals surface area contributed by atoms with E-state index in [1.165, 1.54) is 0 Å². The molecule has 78 valence electrons. The van der Waals surface area contributed by atoms with Crippen LogP contribution in [0.5, 0.6) is 0 Å². The highest BCUT2D eigenvalue weighted by Gasteiger charge is 2.31. The summed E-state index contributed by atoms with van der Waals surface area (Å²) in [7, 11) is 1.69. The van der Waals surface area contributed by atoms with Crippen molar-refractivity contribution in [1.29, 1.82) is 0 Å². The van der Waals surface area contributed by atoms with Crippen LogP contribution >= 0.6 is 11.8 Å². The van der Waals surface area contributed by atoms with E-state index in [-0.39, 0.29) is 0 Å². The van der Waals surface area contributed by atoms with Gasteiger partial charge in [0.2, 0.25) is 0 Å². The lowest BCUT2D eigenvalue weighted by Gasteiger charge is -2.24. The molecule has 3 nitrogen and oxygen atoms in total. The normalized spacial score (nSPS) is 30.7. The molecule has 0 bridgehead atoms. The molecule has 0 aliphatic carbocycles. The van der Waals surface area contributed by atoms with E-state index in [1.54, 1.807) is 7.11 Å². The van der Waals surface area contributed by atoms with Crippen LogP contribution < -0.4 is 5.32 Å². The molecule has 4 heteroatoms. The Labute approximate surface area is 84.2 Å². The SMILES string of the molecule is COCC(C)NCC1(O)CCSC1. The number of hydrogen-bond acceptors (Lipinski definition) is 4. The molecule has 2 atom stereocenters. The van der Waals surface area contributed by atoms with Crippen molar-refractivity contribution in [2.75, 3.05) is 31.8 Å². The van der Waals surface area contributed by atoms with Crippen LogP contribution in [0, 0.1) is 0 Å². The number of thioether (sulfide) groups is 1. The number of methoxy groups -OCH3 is 1. The topological polar surface area (TPSA) is 41.5 Å². The average molecular weight is 205 g/mol. The van der Waals surface area contributed by atoms with Gasteiger partial charge in [-0.3, -0.25) is 0 Å². The molecule has 13 heavy (non-hydrogen) atoms. The maximum absolute atomic E-state index is 9.98. The van der Waals surface area contributed by atoms with Crippen molar-refractivity contribution in [3.05, 3.63) is 0 Å². The van der Waals surface area contributed by atoms with Gasteiger partial charge in [0.15, 0.2) is 0 Å². The van der Waals surface area contributed by atoms with E-state index in [2.05, 4.69) is 12.2 Å². The zero-order valence-corrected chi connectivity index (χ0v) is 9.19. The largest absolute Gasteiger partial charge is 0.388 e. The van der Waals surface area contributed by atoms with E-state index in [0.29, 0.717) is 19.2 Å². The molecule has 0 amide bonds. The molecule has 0 spiro atoms. The molecule has 0 aromatic rings. The minimum absolute atomic E-state index is 0.319. The lowest BCUT2D eigenvalue weighted by Crippen LogP contribution is -2.45. The van der Waals surface area contributed by atoms with Crippen LogP contribution in [0.2, 0.25) is 0 Å². The van der Waals surface area contributed by atoms with E-state index < -0.39 is 5.60 Å². The second-order valence-corrected chi connectivity index (χ2v) is 4.87. The average Bonchev–Trinajstić information content (AvgIpc) is 2.51. The molecule has 1 fully saturated rings. The van der Waals surface area contributed by atoms with Crippen LogP contribution in [0.4, 0.5) is 0 Å². The van der Waals surface area contributed by atoms with Gasteiger partial charge in [0.25, 0.3) is 0 Å². The molecule has 1 aliphatic heterocycles. The summed E-state index contributed by atoms with van der Waals surface area (Å²) in [6.07, 6.45) is 0.907. The Bertz CT molecular complexity index is 149. The van der Waals surface area contributed by atoms with E-state index in [0.717, 1.165) is 17.9 Å². The van der Waals surface area contributed by atoms with Gasteiger partial charge >= 0.3 is 0 Å². The summed E-state index contributed by atoms with van der Waals surface area (Å²) in [5, 5.41) is 13.3.